The third-order valence-corrected chi connectivity index (χ3v) is 4.79. The van der Waals surface area contributed by atoms with E-state index in [0.29, 0.717) is 81.0 Å². The minimum absolute atomic E-state index is 0.0820. The van der Waals surface area contributed by atoms with Crippen molar-refractivity contribution in [2.24, 2.45) is 5.10 Å². The molecule has 3 heterocycles. The molecule has 0 amide bonds. The maximum Gasteiger partial charge on any atom is 0.250 e. The largest absolute Gasteiger partial charge is 0.507 e. The molecule has 2 saturated heterocycles. The zero-order valence-electron chi connectivity index (χ0n) is 15.8. The molecule has 29 heavy (non-hydrogen) atoms. The summed E-state index contributed by atoms with van der Waals surface area (Å²) < 4.78 is 10.8. The van der Waals surface area contributed by atoms with Gasteiger partial charge in [0.25, 0.3) is 0 Å². The van der Waals surface area contributed by atoms with Crippen LogP contribution >= 0.6 is 11.6 Å². The highest BCUT2D eigenvalue weighted by atomic mass is 35.5. The van der Waals surface area contributed by atoms with Crippen LogP contribution < -0.4 is 15.2 Å². The van der Waals surface area contributed by atoms with Gasteiger partial charge in [0.2, 0.25) is 17.8 Å². The van der Waals surface area contributed by atoms with Crippen molar-refractivity contribution in [3.8, 4) is 5.75 Å². The number of aromatic hydroxyl groups is 1. The molecule has 0 aliphatic carbocycles. The molecule has 11 heteroatoms. The first-order valence-corrected chi connectivity index (χ1v) is 9.76. The molecule has 0 unspecified atom stereocenters. The summed E-state index contributed by atoms with van der Waals surface area (Å²) in [6.07, 6.45) is 1.47. The highest BCUT2D eigenvalue weighted by molar-refractivity contribution is 6.30. The fraction of sp³-hybridized carbons (Fsp3) is 0.444. The summed E-state index contributed by atoms with van der Waals surface area (Å²) in [6.45, 7) is 5.39. The average Bonchev–Trinajstić information content (AvgIpc) is 2.77. The third kappa shape index (κ3) is 5.03. The highest BCUT2D eigenvalue weighted by Crippen LogP contribution is 2.21. The lowest BCUT2D eigenvalue weighted by Gasteiger charge is -2.30. The Labute approximate surface area is 173 Å². The summed E-state index contributed by atoms with van der Waals surface area (Å²) in [4.78, 5) is 17.8. The van der Waals surface area contributed by atoms with Gasteiger partial charge in [0.05, 0.1) is 32.6 Å². The van der Waals surface area contributed by atoms with E-state index in [-0.39, 0.29) is 5.75 Å². The predicted molar refractivity (Wildman–Crippen MR) is 110 cm³/mol. The minimum atomic E-state index is 0.0820. The van der Waals surface area contributed by atoms with Crippen LogP contribution in [0.3, 0.4) is 0 Å². The first-order valence-electron chi connectivity index (χ1n) is 9.38. The van der Waals surface area contributed by atoms with E-state index in [4.69, 9.17) is 21.1 Å². The summed E-state index contributed by atoms with van der Waals surface area (Å²) in [5, 5.41) is 14.6. The first kappa shape index (κ1) is 19.6. The fourth-order valence-corrected chi connectivity index (χ4v) is 3.18. The van der Waals surface area contributed by atoms with Gasteiger partial charge in [-0.2, -0.15) is 20.1 Å². The van der Waals surface area contributed by atoms with Gasteiger partial charge in [0.1, 0.15) is 5.75 Å². The minimum Gasteiger partial charge on any atom is -0.507 e. The van der Waals surface area contributed by atoms with Crippen LogP contribution in [0.4, 0.5) is 17.8 Å². The Morgan fingerprint density at radius 1 is 0.966 bits per heavy atom. The molecule has 0 bridgehead atoms. The third-order valence-electron chi connectivity index (χ3n) is 4.56. The van der Waals surface area contributed by atoms with Crippen molar-refractivity contribution in [1.82, 2.24) is 15.0 Å². The number of hydrogen-bond donors (Lipinski definition) is 2. The van der Waals surface area contributed by atoms with Gasteiger partial charge in [-0.15, -0.1) is 0 Å². The quantitative estimate of drug-likeness (QED) is 0.548. The average molecular weight is 420 g/mol. The van der Waals surface area contributed by atoms with Gasteiger partial charge >= 0.3 is 0 Å². The summed E-state index contributed by atoms with van der Waals surface area (Å²) >= 11 is 5.97. The SMILES string of the molecule is Oc1ccc(Cl)cc1C=NNc1nc(N2CCOCC2)nc(N2CCOCC2)n1. The lowest BCUT2D eigenvalue weighted by molar-refractivity contribution is 0.121. The van der Waals surface area contributed by atoms with Gasteiger partial charge in [-0.25, -0.2) is 5.43 Å². The Balaban J connectivity index is 1.57. The van der Waals surface area contributed by atoms with E-state index in [9.17, 15) is 5.11 Å². The van der Waals surface area contributed by atoms with E-state index in [0.717, 1.165) is 0 Å². The van der Waals surface area contributed by atoms with Gasteiger partial charge in [-0.05, 0) is 18.2 Å². The summed E-state index contributed by atoms with van der Waals surface area (Å²) in [5.41, 5.74) is 3.32. The number of morpholine rings is 2. The zero-order chi connectivity index (χ0) is 20.1. The molecule has 2 fully saturated rings. The Hall–Kier alpha value is -2.69. The van der Waals surface area contributed by atoms with Crippen LogP contribution in [0.25, 0.3) is 0 Å². The molecular weight excluding hydrogens is 398 g/mol. The van der Waals surface area contributed by atoms with E-state index in [1.54, 1.807) is 12.1 Å². The van der Waals surface area contributed by atoms with Gasteiger partial charge < -0.3 is 24.4 Å². The summed E-state index contributed by atoms with van der Waals surface area (Å²) in [5.74, 6) is 1.56. The summed E-state index contributed by atoms with van der Waals surface area (Å²) in [6, 6.07) is 4.74. The number of benzene rings is 1. The maximum atomic E-state index is 9.90. The Kier molecular flexibility index (Phi) is 6.23. The lowest BCUT2D eigenvalue weighted by atomic mass is 10.2. The molecule has 2 aromatic rings. The molecule has 0 atom stereocenters. The van der Waals surface area contributed by atoms with Gasteiger partial charge in [-0.1, -0.05) is 11.6 Å². The number of halogens is 1. The molecule has 154 valence electrons. The number of phenols is 1. The number of hydrogen-bond acceptors (Lipinski definition) is 10. The molecule has 4 rings (SSSR count). The van der Waals surface area contributed by atoms with Crippen LogP contribution in [0.1, 0.15) is 5.56 Å². The Morgan fingerprint density at radius 2 is 1.55 bits per heavy atom. The number of ether oxygens (including phenoxy) is 2. The van der Waals surface area contributed by atoms with Crippen LogP contribution in [0.5, 0.6) is 5.75 Å². The molecule has 10 nitrogen and oxygen atoms in total. The van der Waals surface area contributed by atoms with Gasteiger partial charge in [0, 0.05) is 36.8 Å². The van der Waals surface area contributed by atoms with Crippen LogP contribution in [-0.2, 0) is 9.47 Å². The Morgan fingerprint density at radius 3 is 2.14 bits per heavy atom. The molecule has 0 radical (unpaired) electrons. The van der Waals surface area contributed by atoms with Crippen LogP contribution in [0.15, 0.2) is 23.3 Å². The Bertz CT molecular complexity index is 834. The van der Waals surface area contributed by atoms with E-state index in [1.807, 2.05) is 0 Å². The van der Waals surface area contributed by atoms with Crippen molar-refractivity contribution in [3.63, 3.8) is 0 Å². The molecular formula is C18H22ClN7O3. The molecule has 0 saturated carbocycles. The monoisotopic (exact) mass is 419 g/mol. The molecule has 1 aromatic carbocycles. The van der Waals surface area contributed by atoms with Crippen LogP contribution in [0.2, 0.25) is 5.02 Å². The molecule has 2 N–H and O–H groups in total. The number of anilines is 3. The number of aromatic nitrogens is 3. The number of rotatable bonds is 5. The van der Waals surface area contributed by atoms with E-state index in [2.05, 4.69) is 35.3 Å². The number of nitrogens with zero attached hydrogens (tertiary/aromatic N) is 6. The first-order chi connectivity index (χ1) is 14.2. The van der Waals surface area contributed by atoms with E-state index in [1.165, 1.54) is 12.3 Å². The standard InChI is InChI=1S/C18H22ClN7O3/c19-14-1-2-15(27)13(11-14)12-20-24-16-21-17(25-3-7-28-8-4-25)23-18(22-16)26-5-9-29-10-6-26/h1-2,11-12,27H,3-10H2,(H,21,22,23,24). The fourth-order valence-electron chi connectivity index (χ4n) is 3.00. The maximum absolute atomic E-state index is 9.90. The van der Waals surface area contributed by atoms with Gasteiger partial charge in [0.15, 0.2) is 0 Å². The molecule has 0 spiro atoms. The van der Waals surface area contributed by atoms with Gasteiger partial charge in [-0.3, -0.25) is 0 Å². The second kappa shape index (κ2) is 9.21. The predicted octanol–water partition coefficient (Wildman–Crippen LogP) is 1.35. The lowest BCUT2D eigenvalue weighted by Crippen LogP contribution is -2.40. The molecule has 2 aliphatic heterocycles. The number of hydrazone groups is 1. The number of phenolic OH excluding ortho intramolecular Hbond substituents is 1. The van der Waals surface area contributed by atoms with Crippen molar-refractivity contribution in [3.05, 3.63) is 28.8 Å². The summed E-state index contributed by atoms with van der Waals surface area (Å²) in [7, 11) is 0. The second-order valence-electron chi connectivity index (χ2n) is 6.53. The van der Waals surface area contributed by atoms with Crippen molar-refractivity contribution in [1.29, 1.82) is 0 Å². The number of nitrogens with one attached hydrogen (secondary N) is 1. The highest BCUT2D eigenvalue weighted by Gasteiger charge is 2.20. The van der Waals surface area contributed by atoms with Crippen molar-refractivity contribution in [2.45, 2.75) is 0 Å². The van der Waals surface area contributed by atoms with E-state index < -0.39 is 0 Å². The van der Waals surface area contributed by atoms with E-state index >= 15 is 0 Å². The molecule has 1 aromatic heterocycles. The normalized spacial score (nSPS) is 17.7. The van der Waals surface area contributed by atoms with Crippen LogP contribution in [-0.4, -0.2) is 78.9 Å². The second-order valence-corrected chi connectivity index (χ2v) is 6.97. The van der Waals surface area contributed by atoms with Crippen LogP contribution in [0, 0.1) is 0 Å². The molecule has 2 aliphatic rings. The van der Waals surface area contributed by atoms with Crippen molar-refractivity contribution in [2.75, 3.05) is 67.8 Å². The van der Waals surface area contributed by atoms with Crippen molar-refractivity contribution < 1.29 is 14.6 Å². The smallest absolute Gasteiger partial charge is 0.250 e. The zero-order valence-corrected chi connectivity index (χ0v) is 16.5. The topological polar surface area (TPSA) is 108 Å². The van der Waals surface area contributed by atoms with Crippen molar-refractivity contribution >= 4 is 35.7 Å².